The van der Waals surface area contributed by atoms with Gasteiger partial charge >= 0.3 is 5.97 Å². The minimum absolute atomic E-state index is 0.314. The Morgan fingerprint density at radius 3 is 3.19 bits per heavy atom. The van der Waals surface area contributed by atoms with Gasteiger partial charge in [0.05, 0.1) is 12.6 Å². The van der Waals surface area contributed by atoms with Crippen molar-refractivity contribution >= 4 is 17.3 Å². The van der Waals surface area contributed by atoms with Crippen LogP contribution in [0.3, 0.4) is 0 Å². The highest BCUT2D eigenvalue weighted by Gasteiger charge is 2.26. The van der Waals surface area contributed by atoms with Gasteiger partial charge in [-0.1, -0.05) is 0 Å². The van der Waals surface area contributed by atoms with E-state index in [0.717, 1.165) is 18.0 Å². The Hall–Kier alpha value is -0.940. The number of ether oxygens (including phenoxy) is 1. The van der Waals surface area contributed by atoms with Crippen molar-refractivity contribution in [2.24, 2.45) is 0 Å². The Balaban J connectivity index is 2.10. The molecule has 2 heterocycles. The number of aromatic nitrogens is 1. The van der Waals surface area contributed by atoms with E-state index in [1.807, 2.05) is 0 Å². The van der Waals surface area contributed by atoms with Crippen LogP contribution in [0.2, 0.25) is 0 Å². The maximum Gasteiger partial charge on any atom is 0.357 e. The van der Waals surface area contributed by atoms with Crippen LogP contribution in [0.25, 0.3) is 0 Å². The van der Waals surface area contributed by atoms with Gasteiger partial charge in [0.1, 0.15) is 5.01 Å². The summed E-state index contributed by atoms with van der Waals surface area (Å²) in [6.07, 6.45) is 2.34. The predicted octanol–water partition coefficient (Wildman–Crippen LogP) is 2.09. The molecule has 0 radical (unpaired) electrons. The predicted molar refractivity (Wildman–Crippen MR) is 62.7 cm³/mol. The normalized spacial score (nSPS) is 21.2. The van der Waals surface area contributed by atoms with Gasteiger partial charge in [-0.3, -0.25) is 4.90 Å². The molecule has 0 amide bonds. The van der Waals surface area contributed by atoms with E-state index in [0.29, 0.717) is 18.3 Å². The van der Waals surface area contributed by atoms with Crippen LogP contribution in [0.1, 0.15) is 41.3 Å². The molecule has 5 heteroatoms. The quantitative estimate of drug-likeness (QED) is 0.759. The molecule has 0 saturated carbocycles. The zero-order valence-electron chi connectivity index (χ0n) is 9.60. The molecule has 0 aliphatic carbocycles. The first-order valence-electron chi connectivity index (χ1n) is 5.55. The second-order valence-corrected chi connectivity index (χ2v) is 4.82. The maximum absolute atomic E-state index is 11.5. The molecule has 1 atom stereocenters. The van der Waals surface area contributed by atoms with Gasteiger partial charge in [0.15, 0.2) is 5.69 Å². The Labute approximate surface area is 99.2 Å². The topological polar surface area (TPSA) is 42.4 Å². The van der Waals surface area contributed by atoms with Crippen LogP contribution >= 0.6 is 11.3 Å². The third-order valence-electron chi connectivity index (χ3n) is 2.81. The highest BCUT2D eigenvalue weighted by Crippen LogP contribution is 2.32. The molecule has 2 rings (SSSR count). The molecule has 0 unspecified atom stereocenters. The van der Waals surface area contributed by atoms with Crippen LogP contribution in [-0.4, -0.2) is 36.1 Å². The van der Waals surface area contributed by atoms with Crippen molar-refractivity contribution in [2.45, 2.75) is 25.8 Å². The van der Waals surface area contributed by atoms with Gasteiger partial charge < -0.3 is 4.74 Å². The monoisotopic (exact) mass is 240 g/mol. The number of hydrogen-bond acceptors (Lipinski definition) is 5. The van der Waals surface area contributed by atoms with E-state index in [-0.39, 0.29) is 5.97 Å². The molecule has 0 N–H and O–H groups in total. The summed E-state index contributed by atoms with van der Waals surface area (Å²) >= 11 is 1.55. The second-order valence-electron chi connectivity index (χ2n) is 3.93. The molecule has 1 aliphatic rings. The standard InChI is InChI=1S/C11H16N2O2S/c1-3-15-11(14)8-7-16-10(12-8)9-5-4-6-13(9)2/h7,9H,3-6H2,1-2H3/t9-/m1/s1. The molecule has 88 valence electrons. The summed E-state index contributed by atoms with van der Waals surface area (Å²) in [5, 5.41) is 2.82. The van der Waals surface area contributed by atoms with Crippen molar-refractivity contribution in [3.8, 4) is 0 Å². The lowest BCUT2D eigenvalue weighted by Gasteiger charge is -2.16. The molecule has 1 fully saturated rings. The van der Waals surface area contributed by atoms with Gasteiger partial charge in [-0.15, -0.1) is 11.3 Å². The van der Waals surface area contributed by atoms with E-state index >= 15 is 0 Å². The SMILES string of the molecule is CCOC(=O)c1csc([C@H]2CCCN2C)n1. The van der Waals surface area contributed by atoms with Crippen LogP contribution in [-0.2, 0) is 4.74 Å². The van der Waals surface area contributed by atoms with E-state index in [9.17, 15) is 4.79 Å². The highest BCUT2D eigenvalue weighted by molar-refractivity contribution is 7.09. The number of likely N-dealkylation sites (tertiary alicyclic amines) is 1. The number of carbonyl (C=O) groups excluding carboxylic acids is 1. The van der Waals surface area contributed by atoms with Crippen LogP contribution in [0.15, 0.2) is 5.38 Å². The third-order valence-corrected chi connectivity index (χ3v) is 3.76. The molecule has 0 spiro atoms. The number of rotatable bonds is 3. The zero-order valence-corrected chi connectivity index (χ0v) is 10.4. The molecule has 1 aliphatic heterocycles. The summed E-state index contributed by atoms with van der Waals surface area (Å²) in [7, 11) is 2.10. The Morgan fingerprint density at radius 1 is 1.75 bits per heavy atom. The third kappa shape index (κ3) is 2.25. The molecule has 1 aromatic rings. The van der Waals surface area contributed by atoms with Crippen molar-refractivity contribution in [1.82, 2.24) is 9.88 Å². The zero-order chi connectivity index (χ0) is 11.5. The van der Waals surface area contributed by atoms with Crippen LogP contribution in [0, 0.1) is 0 Å². The van der Waals surface area contributed by atoms with Crippen molar-refractivity contribution in [3.05, 3.63) is 16.1 Å². The smallest absolute Gasteiger partial charge is 0.357 e. The van der Waals surface area contributed by atoms with Crippen LogP contribution < -0.4 is 0 Å². The fraction of sp³-hybridized carbons (Fsp3) is 0.636. The Kier molecular flexibility index (Phi) is 3.56. The number of thiazole rings is 1. The van der Waals surface area contributed by atoms with Crippen molar-refractivity contribution in [2.75, 3.05) is 20.2 Å². The summed E-state index contributed by atoms with van der Waals surface area (Å²) in [5.74, 6) is -0.314. The molecule has 1 aromatic heterocycles. The molecule has 0 aromatic carbocycles. The summed E-state index contributed by atoms with van der Waals surface area (Å²) < 4.78 is 4.92. The Morgan fingerprint density at radius 2 is 2.56 bits per heavy atom. The lowest BCUT2D eigenvalue weighted by molar-refractivity contribution is 0.0520. The van der Waals surface area contributed by atoms with E-state index in [1.165, 1.54) is 6.42 Å². The highest BCUT2D eigenvalue weighted by atomic mass is 32.1. The minimum Gasteiger partial charge on any atom is -0.461 e. The van der Waals surface area contributed by atoms with Crippen LogP contribution in [0.5, 0.6) is 0 Å². The summed E-state index contributed by atoms with van der Waals surface area (Å²) in [5.41, 5.74) is 0.446. The summed E-state index contributed by atoms with van der Waals surface area (Å²) in [6.45, 7) is 3.31. The van der Waals surface area contributed by atoms with E-state index in [2.05, 4.69) is 16.9 Å². The average molecular weight is 240 g/mol. The summed E-state index contributed by atoms with van der Waals surface area (Å²) in [4.78, 5) is 18.1. The number of nitrogens with zero attached hydrogens (tertiary/aromatic N) is 2. The fourth-order valence-electron chi connectivity index (χ4n) is 1.96. The number of esters is 1. The van der Waals surface area contributed by atoms with E-state index in [1.54, 1.807) is 23.6 Å². The van der Waals surface area contributed by atoms with Gasteiger partial charge in [-0.25, -0.2) is 9.78 Å². The maximum atomic E-state index is 11.5. The molecule has 16 heavy (non-hydrogen) atoms. The van der Waals surface area contributed by atoms with Crippen molar-refractivity contribution in [3.63, 3.8) is 0 Å². The fourth-order valence-corrected chi connectivity index (χ4v) is 2.95. The van der Waals surface area contributed by atoms with Gasteiger partial charge in [0.2, 0.25) is 0 Å². The van der Waals surface area contributed by atoms with Gasteiger partial charge in [0.25, 0.3) is 0 Å². The molecule has 0 bridgehead atoms. The lowest BCUT2D eigenvalue weighted by Crippen LogP contribution is -2.17. The summed E-state index contributed by atoms with van der Waals surface area (Å²) in [6, 6.07) is 0.383. The van der Waals surface area contributed by atoms with Gasteiger partial charge in [-0.05, 0) is 33.4 Å². The van der Waals surface area contributed by atoms with Crippen molar-refractivity contribution < 1.29 is 9.53 Å². The first-order chi connectivity index (χ1) is 7.72. The minimum atomic E-state index is -0.314. The first-order valence-corrected chi connectivity index (χ1v) is 6.43. The number of carbonyl (C=O) groups is 1. The van der Waals surface area contributed by atoms with E-state index < -0.39 is 0 Å². The van der Waals surface area contributed by atoms with Gasteiger partial charge in [-0.2, -0.15) is 0 Å². The van der Waals surface area contributed by atoms with E-state index in [4.69, 9.17) is 4.74 Å². The van der Waals surface area contributed by atoms with Crippen molar-refractivity contribution in [1.29, 1.82) is 0 Å². The van der Waals surface area contributed by atoms with Crippen LogP contribution in [0.4, 0.5) is 0 Å². The average Bonchev–Trinajstić information content (AvgIpc) is 2.86. The largest absolute Gasteiger partial charge is 0.461 e. The number of hydrogen-bond donors (Lipinski definition) is 0. The first kappa shape index (κ1) is 11.5. The lowest BCUT2D eigenvalue weighted by atomic mass is 10.2. The molecule has 1 saturated heterocycles. The molecule has 4 nitrogen and oxygen atoms in total. The molecular weight excluding hydrogens is 224 g/mol. The molecular formula is C11H16N2O2S. The van der Waals surface area contributed by atoms with Gasteiger partial charge in [0, 0.05) is 5.38 Å². The second kappa shape index (κ2) is 4.93. The Bertz CT molecular complexity index is 378.